The van der Waals surface area contributed by atoms with E-state index in [1.54, 1.807) is 0 Å². The molecule has 1 spiro atoms. The molecule has 1 aliphatic carbocycles. The number of anilines is 2. The van der Waals surface area contributed by atoms with Gasteiger partial charge in [0.05, 0.1) is 35.5 Å². The Morgan fingerprint density at radius 2 is 2.15 bits per heavy atom. The minimum Gasteiger partial charge on any atom is -0.461 e. The molecule has 0 saturated carbocycles. The van der Waals surface area contributed by atoms with Crippen LogP contribution in [0.15, 0.2) is 12.1 Å². The van der Waals surface area contributed by atoms with E-state index in [9.17, 15) is 14.8 Å². The Kier molecular flexibility index (Phi) is 6.41. The number of nitriles is 1. The van der Waals surface area contributed by atoms with Crippen LogP contribution in [-0.2, 0) is 23.4 Å². The van der Waals surface area contributed by atoms with Gasteiger partial charge in [0.15, 0.2) is 0 Å². The van der Waals surface area contributed by atoms with Crippen LogP contribution in [0.1, 0.15) is 86.2 Å². The molecule has 5 heterocycles. The number of ether oxygens (including phenoxy) is 2. The average molecular weight is 563 g/mol. The Morgan fingerprint density at radius 1 is 1.29 bits per heavy atom. The van der Waals surface area contributed by atoms with Gasteiger partial charge in [-0.2, -0.15) is 15.2 Å². The summed E-state index contributed by atoms with van der Waals surface area (Å²) in [6, 6.07) is 6.47. The summed E-state index contributed by atoms with van der Waals surface area (Å²) in [4.78, 5) is 14.2. The highest BCUT2D eigenvalue weighted by molar-refractivity contribution is 5.64. The number of nitrogen functional groups attached to an aromatic ring is 1. The molecule has 3 fully saturated rings. The average Bonchev–Trinajstić information content (AvgIpc) is 3.44. The molecule has 4 aliphatic heterocycles. The van der Waals surface area contributed by atoms with E-state index in [0.29, 0.717) is 49.8 Å². The van der Waals surface area contributed by atoms with Gasteiger partial charge < -0.3 is 25.2 Å². The van der Waals surface area contributed by atoms with Crippen LogP contribution in [0.4, 0.5) is 15.9 Å². The summed E-state index contributed by atoms with van der Waals surface area (Å²) in [7, 11) is 0. The molecule has 5 aliphatic rings. The Morgan fingerprint density at radius 3 is 2.90 bits per heavy atom. The predicted molar refractivity (Wildman–Crippen MR) is 151 cm³/mol. The summed E-state index contributed by atoms with van der Waals surface area (Å²) < 4.78 is 27.5. The SMILES string of the molecule is CC1CCC2(Cc3nc(OCC45CCCN4CC(F)C5)nc(N4CCC4C(C)O)c3CO2)c2c1ccc(N)c2C#N. The lowest BCUT2D eigenvalue weighted by molar-refractivity contribution is -0.0874. The van der Waals surface area contributed by atoms with Crippen LogP contribution in [0.5, 0.6) is 6.01 Å². The molecule has 0 bridgehead atoms. The van der Waals surface area contributed by atoms with Crippen LogP contribution in [0, 0.1) is 11.3 Å². The maximum absolute atomic E-state index is 14.4. The second-order valence-electron chi connectivity index (χ2n) is 12.9. The lowest BCUT2D eigenvalue weighted by Gasteiger charge is -2.47. The van der Waals surface area contributed by atoms with Crippen LogP contribution < -0.4 is 15.4 Å². The quantitative estimate of drug-likeness (QED) is 0.526. The lowest BCUT2D eigenvalue weighted by atomic mass is 9.69. The first-order chi connectivity index (χ1) is 19.7. The molecule has 218 valence electrons. The standard InChI is InChI=1S/C31H39FN6O3/c1-18-6-9-31(27-21(18)4-5-24(34)22(27)14-33)13-25-23(16-41-31)28(38-11-7-26(38)19(2)39)36-29(35-25)40-17-30-8-3-10-37(30)15-20(32)12-30/h4-5,18-20,26,39H,3,6-13,15-17,34H2,1-2H3. The molecule has 0 radical (unpaired) electrons. The van der Waals surface area contributed by atoms with Gasteiger partial charge in [-0.05, 0) is 63.1 Å². The number of rotatable bonds is 5. The first kappa shape index (κ1) is 26.9. The Balaban J connectivity index is 1.28. The summed E-state index contributed by atoms with van der Waals surface area (Å²) in [5.41, 5.74) is 9.98. The summed E-state index contributed by atoms with van der Waals surface area (Å²) >= 11 is 0. The molecule has 2 aromatic rings. The predicted octanol–water partition coefficient (Wildman–Crippen LogP) is 3.71. The van der Waals surface area contributed by atoms with E-state index in [1.165, 1.54) is 0 Å². The minimum absolute atomic E-state index is 0.0370. The molecule has 1 aromatic heterocycles. The molecular weight excluding hydrogens is 523 g/mol. The number of halogens is 1. The Labute approximate surface area is 240 Å². The number of nitrogens with zero attached hydrogens (tertiary/aromatic N) is 5. The van der Waals surface area contributed by atoms with Crippen LogP contribution in [0.25, 0.3) is 0 Å². The molecule has 3 saturated heterocycles. The first-order valence-electron chi connectivity index (χ1n) is 15.1. The number of hydrogen-bond acceptors (Lipinski definition) is 9. The Hall–Kier alpha value is -3.00. The number of alkyl halides is 1. The van der Waals surface area contributed by atoms with E-state index in [4.69, 9.17) is 25.2 Å². The summed E-state index contributed by atoms with van der Waals surface area (Å²) in [5, 5.41) is 20.6. The number of aliphatic hydroxyl groups excluding tert-OH is 1. The zero-order valence-corrected chi connectivity index (χ0v) is 23.9. The topological polar surface area (TPSA) is 121 Å². The zero-order valence-electron chi connectivity index (χ0n) is 23.9. The highest BCUT2D eigenvalue weighted by atomic mass is 19.1. The van der Waals surface area contributed by atoms with Crippen molar-refractivity contribution in [2.45, 2.75) is 101 Å². The number of aromatic nitrogens is 2. The van der Waals surface area contributed by atoms with Gasteiger partial charge in [0.2, 0.25) is 0 Å². The van der Waals surface area contributed by atoms with Gasteiger partial charge >= 0.3 is 6.01 Å². The van der Waals surface area contributed by atoms with Gasteiger partial charge in [0, 0.05) is 42.7 Å². The second-order valence-corrected chi connectivity index (χ2v) is 12.9. The molecule has 7 rings (SSSR count). The second kappa shape index (κ2) is 9.79. The van der Waals surface area contributed by atoms with Crippen molar-refractivity contribution in [3.63, 3.8) is 0 Å². The number of hydrogen-bond donors (Lipinski definition) is 2. The van der Waals surface area contributed by atoms with Crippen molar-refractivity contribution in [2.24, 2.45) is 0 Å². The molecule has 0 amide bonds. The Bertz CT molecular complexity index is 1410. The van der Waals surface area contributed by atoms with Gasteiger partial charge in [-0.15, -0.1) is 0 Å². The lowest BCUT2D eigenvalue weighted by Crippen LogP contribution is -2.54. The van der Waals surface area contributed by atoms with Crippen molar-refractivity contribution in [1.29, 1.82) is 5.26 Å². The fraction of sp³-hybridized carbons (Fsp3) is 0.645. The summed E-state index contributed by atoms with van der Waals surface area (Å²) in [6.07, 6.45) is 4.12. The van der Waals surface area contributed by atoms with Gasteiger partial charge in [-0.25, -0.2) is 4.39 Å². The highest BCUT2D eigenvalue weighted by Crippen LogP contribution is 2.51. The number of nitrogens with two attached hydrogens (primary N) is 1. The fourth-order valence-electron chi connectivity index (χ4n) is 8.15. The van der Waals surface area contributed by atoms with Crippen molar-refractivity contribution in [3.05, 3.63) is 40.1 Å². The van der Waals surface area contributed by atoms with Gasteiger partial charge in [-0.1, -0.05) is 13.0 Å². The molecule has 6 atom stereocenters. The molecule has 1 aromatic carbocycles. The van der Waals surface area contributed by atoms with E-state index >= 15 is 0 Å². The van der Waals surface area contributed by atoms with Crippen molar-refractivity contribution in [2.75, 3.05) is 36.9 Å². The highest BCUT2D eigenvalue weighted by Gasteiger charge is 2.50. The molecule has 6 unspecified atom stereocenters. The summed E-state index contributed by atoms with van der Waals surface area (Å²) in [6.45, 7) is 6.77. The van der Waals surface area contributed by atoms with Gasteiger partial charge in [0.1, 0.15) is 30.3 Å². The maximum atomic E-state index is 14.4. The van der Waals surface area contributed by atoms with Crippen LogP contribution in [-0.4, -0.2) is 70.1 Å². The normalized spacial score (nSPS) is 33.0. The summed E-state index contributed by atoms with van der Waals surface area (Å²) in [5.74, 6) is 1.03. The van der Waals surface area contributed by atoms with Crippen molar-refractivity contribution in [1.82, 2.24) is 14.9 Å². The minimum atomic E-state index is -0.834. The van der Waals surface area contributed by atoms with Crippen molar-refractivity contribution >= 4 is 11.5 Å². The van der Waals surface area contributed by atoms with Gasteiger partial charge in [0.25, 0.3) is 0 Å². The number of benzene rings is 1. The third-order valence-corrected chi connectivity index (χ3v) is 10.5. The third kappa shape index (κ3) is 4.19. The van der Waals surface area contributed by atoms with Crippen molar-refractivity contribution < 1.29 is 19.0 Å². The van der Waals surface area contributed by atoms with Crippen LogP contribution in [0.2, 0.25) is 0 Å². The smallest absolute Gasteiger partial charge is 0.318 e. The van der Waals surface area contributed by atoms with Crippen LogP contribution >= 0.6 is 0 Å². The van der Waals surface area contributed by atoms with E-state index < -0.39 is 17.9 Å². The third-order valence-electron chi connectivity index (χ3n) is 10.5. The van der Waals surface area contributed by atoms with E-state index in [1.807, 2.05) is 19.1 Å². The monoisotopic (exact) mass is 562 g/mol. The van der Waals surface area contributed by atoms with Gasteiger partial charge in [-0.3, -0.25) is 4.90 Å². The molecule has 41 heavy (non-hydrogen) atoms. The number of aliphatic hydroxyl groups is 1. The molecule has 3 N–H and O–H groups in total. The zero-order chi connectivity index (χ0) is 28.5. The van der Waals surface area contributed by atoms with E-state index in [0.717, 1.165) is 73.4 Å². The van der Waals surface area contributed by atoms with Crippen molar-refractivity contribution in [3.8, 4) is 12.1 Å². The largest absolute Gasteiger partial charge is 0.461 e. The van der Waals surface area contributed by atoms with E-state index in [-0.39, 0.29) is 17.6 Å². The number of fused-ring (bicyclic) bond motifs is 4. The first-order valence-corrected chi connectivity index (χ1v) is 15.1. The van der Waals surface area contributed by atoms with Crippen LogP contribution in [0.3, 0.4) is 0 Å². The van der Waals surface area contributed by atoms with E-state index in [2.05, 4.69) is 22.8 Å². The maximum Gasteiger partial charge on any atom is 0.318 e. The molecule has 10 heteroatoms. The molecular formula is C31H39FN6O3. The molecule has 9 nitrogen and oxygen atoms in total. The fourth-order valence-corrected chi connectivity index (χ4v) is 8.15.